The van der Waals surface area contributed by atoms with Crippen LogP contribution in [0.25, 0.3) is 11.1 Å². The van der Waals surface area contributed by atoms with Gasteiger partial charge < -0.3 is 20.3 Å². The van der Waals surface area contributed by atoms with E-state index in [0.717, 1.165) is 55.5 Å². The van der Waals surface area contributed by atoms with Crippen molar-refractivity contribution in [1.29, 1.82) is 0 Å². The summed E-state index contributed by atoms with van der Waals surface area (Å²) in [5.74, 6) is 3.00. The summed E-state index contributed by atoms with van der Waals surface area (Å²) in [6.07, 6.45) is 0.952. The van der Waals surface area contributed by atoms with Crippen LogP contribution in [0.4, 0.5) is 17.5 Å². The lowest BCUT2D eigenvalue weighted by Gasteiger charge is -2.30. The quantitative estimate of drug-likeness (QED) is 0.533. The summed E-state index contributed by atoms with van der Waals surface area (Å²) in [7, 11) is 0. The molecule has 7 nitrogen and oxygen atoms in total. The number of aryl methyl sites for hydroxylation is 1. The zero-order chi connectivity index (χ0) is 24.8. The lowest BCUT2D eigenvalue weighted by molar-refractivity contribution is 0.331. The van der Waals surface area contributed by atoms with Gasteiger partial charge in [-0.05, 0) is 54.7 Å². The van der Waals surface area contributed by atoms with Crippen LogP contribution in [-0.4, -0.2) is 48.0 Å². The summed E-state index contributed by atoms with van der Waals surface area (Å²) in [6, 6.07) is 13.6. The van der Waals surface area contributed by atoms with Crippen molar-refractivity contribution in [3.63, 3.8) is 0 Å². The van der Waals surface area contributed by atoms with Crippen LogP contribution in [0.1, 0.15) is 49.1 Å². The van der Waals surface area contributed by atoms with Crippen molar-refractivity contribution in [3.05, 3.63) is 58.8 Å². The second kappa shape index (κ2) is 9.21. The molecule has 36 heavy (non-hydrogen) atoms. The molecular formula is C29H34N6O. The van der Waals surface area contributed by atoms with Gasteiger partial charge in [-0.1, -0.05) is 32.0 Å². The third-order valence-electron chi connectivity index (χ3n) is 7.32. The van der Waals surface area contributed by atoms with Crippen molar-refractivity contribution in [2.24, 2.45) is 4.99 Å². The van der Waals surface area contributed by atoms with E-state index in [1.165, 1.54) is 33.5 Å². The minimum atomic E-state index is 0.324. The van der Waals surface area contributed by atoms with E-state index < -0.39 is 0 Å². The van der Waals surface area contributed by atoms with Crippen molar-refractivity contribution in [2.45, 2.75) is 52.6 Å². The largest absolute Gasteiger partial charge is 0.491 e. The first-order valence-electron chi connectivity index (χ1n) is 13.0. The Labute approximate surface area is 213 Å². The summed E-state index contributed by atoms with van der Waals surface area (Å²) in [5.41, 5.74) is 9.37. The first-order chi connectivity index (χ1) is 17.4. The van der Waals surface area contributed by atoms with Crippen LogP contribution in [0.5, 0.6) is 5.75 Å². The van der Waals surface area contributed by atoms with Crippen LogP contribution in [0.15, 0.2) is 41.4 Å². The van der Waals surface area contributed by atoms with Crippen LogP contribution in [0.3, 0.4) is 0 Å². The first-order valence-corrected chi connectivity index (χ1v) is 13.0. The molecule has 0 atom stereocenters. The van der Waals surface area contributed by atoms with E-state index in [2.05, 4.69) is 79.6 Å². The molecule has 0 radical (unpaired) electrons. The van der Waals surface area contributed by atoms with E-state index in [1.807, 2.05) is 0 Å². The van der Waals surface area contributed by atoms with Gasteiger partial charge in [-0.3, -0.25) is 4.99 Å². The fraction of sp³-hybridized carbons (Fsp3) is 0.414. The Morgan fingerprint density at radius 2 is 1.83 bits per heavy atom. The van der Waals surface area contributed by atoms with Crippen molar-refractivity contribution >= 4 is 23.2 Å². The Balaban J connectivity index is 1.34. The first kappa shape index (κ1) is 23.0. The van der Waals surface area contributed by atoms with Crippen LogP contribution in [-0.2, 0) is 13.0 Å². The van der Waals surface area contributed by atoms with Gasteiger partial charge in [0.25, 0.3) is 0 Å². The number of ether oxygens (including phenoxy) is 1. The van der Waals surface area contributed by atoms with E-state index in [9.17, 15) is 0 Å². The van der Waals surface area contributed by atoms with Gasteiger partial charge in [0, 0.05) is 48.6 Å². The second-order valence-electron chi connectivity index (χ2n) is 10.5. The molecule has 1 saturated heterocycles. The maximum atomic E-state index is 6.20. The lowest BCUT2D eigenvalue weighted by Crippen LogP contribution is -2.51. The molecule has 1 aromatic heterocycles. The highest BCUT2D eigenvalue weighted by Gasteiger charge is 2.25. The second-order valence-corrected chi connectivity index (χ2v) is 10.5. The van der Waals surface area contributed by atoms with E-state index >= 15 is 0 Å². The molecule has 3 aliphatic rings. The van der Waals surface area contributed by atoms with E-state index in [4.69, 9.17) is 19.7 Å². The molecule has 0 unspecified atom stereocenters. The molecule has 0 spiro atoms. The molecule has 0 saturated carbocycles. The fourth-order valence-corrected chi connectivity index (χ4v) is 5.39. The standard InChI is InChI=1S/C29H34N6O/c1-17(2)27-19(4)32-29(33-24-14-30-15-24)34-28(27)35-9-10-36-26-8-7-20(12-23(26)16-35)21-5-6-22-11-18(3)31-25(22)13-21/h5-8,12-13,17,24,30H,9-11,14-16H2,1-4H3,(H,32,33,34). The summed E-state index contributed by atoms with van der Waals surface area (Å²) < 4.78 is 6.20. The third kappa shape index (κ3) is 4.32. The predicted molar refractivity (Wildman–Crippen MR) is 146 cm³/mol. The molecule has 7 heteroatoms. The lowest BCUT2D eigenvalue weighted by atomic mass is 9.99. The minimum absolute atomic E-state index is 0.324. The van der Waals surface area contributed by atoms with Crippen LogP contribution in [0, 0.1) is 6.92 Å². The van der Waals surface area contributed by atoms with Gasteiger partial charge in [-0.2, -0.15) is 4.98 Å². The Morgan fingerprint density at radius 1 is 1.03 bits per heavy atom. The number of anilines is 2. The third-order valence-corrected chi connectivity index (χ3v) is 7.32. The van der Waals surface area contributed by atoms with Crippen LogP contribution >= 0.6 is 0 Å². The molecule has 1 fully saturated rings. The molecule has 4 heterocycles. The maximum Gasteiger partial charge on any atom is 0.225 e. The SMILES string of the molecule is CC1=Nc2cc(-c3ccc4c(c3)CN(c3nc(NC5CNC5)nc(C)c3C(C)C)CCO4)ccc2C1. The number of hydrogen-bond acceptors (Lipinski definition) is 7. The Hall–Kier alpha value is -3.45. The molecule has 0 amide bonds. The average Bonchev–Trinajstić information content (AvgIpc) is 3.06. The summed E-state index contributed by atoms with van der Waals surface area (Å²) in [6.45, 7) is 12.7. The van der Waals surface area contributed by atoms with Gasteiger partial charge in [-0.25, -0.2) is 4.98 Å². The fourth-order valence-electron chi connectivity index (χ4n) is 5.39. The Bertz CT molecular complexity index is 1340. The maximum absolute atomic E-state index is 6.20. The Kier molecular flexibility index (Phi) is 5.88. The molecule has 3 aromatic rings. The molecule has 0 aliphatic carbocycles. The number of aromatic nitrogens is 2. The summed E-state index contributed by atoms with van der Waals surface area (Å²) >= 11 is 0. The summed E-state index contributed by atoms with van der Waals surface area (Å²) in [4.78, 5) is 16.9. The topological polar surface area (TPSA) is 74.7 Å². The van der Waals surface area contributed by atoms with Gasteiger partial charge >= 0.3 is 0 Å². The molecule has 2 N–H and O–H groups in total. The van der Waals surface area contributed by atoms with Gasteiger partial charge in [0.15, 0.2) is 0 Å². The molecule has 0 bridgehead atoms. The van der Waals surface area contributed by atoms with Gasteiger partial charge in [0.05, 0.1) is 18.3 Å². The molecule has 3 aliphatic heterocycles. The average molecular weight is 483 g/mol. The number of nitrogens with zero attached hydrogens (tertiary/aromatic N) is 4. The van der Waals surface area contributed by atoms with Gasteiger partial charge in [0.2, 0.25) is 5.95 Å². The number of nitrogens with one attached hydrogen (secondary N) is 2. The highest BCUT2D eigenvalue weighted by atomic mass is 16.5. The number of rotatable bonds is 5. The van der Waals surface area contributed by atoms with E-state index in [0.29, 0.717) is 24.5 Å². The zero-order valence-electron chi connectivity index (χ0n) is 21.6. The van der Waals surface area contributed by atoms with Crippen molar-refractivity contribution in [2.75, 3.05) is 36.5 Å². The normalized spacial score (nSPS) is 17.1. The number of benzene rings is 2. The molecule has 6 rings (SSSR count). The van der Waals surface area contributed by atoms with Crippen LogP contribution < -0.4 is 20.3 Å². The van der Waals surface area contributed by atoms with E-state index in [1.54, 1.807) is 0 Å². The van der Waals surface area contributed by atoms with Crippen molar-refractivity contribution in [1.82, 2.24) is 15.3 Å². The minimum Gasteiger partial charge on any atom is -0.491 e. The van der Waals surface area contributed by atoms with Crippen LogP contribution in [0.2, 0.25) is 0 Å². The molecular weight excluding hydrogens is 448 g/mol. The van der Waals surface area contributed by atoms with Gasteiger partial charge in [-0.15, -0.1) is 0 Å². The van der Waals surface area contributed by atoms with Crippen molar-refractivity contribution in [3.8, 4) is 16.9 Å². The summed E-state index contributed by atoms with van der Waals surface area (Å²) in [5, 5.41) is 6.81. The highest BCUT2D eigenvalue weighted by Crippen LogP contribution is 2.36. The number of aliphatic imine (C=N–C) groups is 1. The number of hydrogen-bond donors (Lipinski definition) is 2. The van der Waals surface area contributed by atoms with Crippen molar-refractivity contribution < 1.29 is 4.74 Å². The predicted octanol–water partition coefficient (Wildman–Crippen LogP) is 5.01. The van der Waals surface area contributed by atoms with E-state index in [-0.39, 0.29) is 0 Å². The highest BCUT2D eigenvalue weighted by molar-refractivity contribution is 5.93. The molecule has 2 aromatic carbocycles. The monoisotopic (exact) mass is 482 g/mol. The van der Waals surface area contributed by atoms with Gasteiger partial charge in [0.1, 0.15) is 18.2 Å². The smallest absolute Gasteiger partial charge is 0.225 e. The Morgan fingerprint density at radius 3 is 2.61 bits per heavy atom. The number of fused-ring (bicyclic) bond motifs is 2. The zero-order valence-corrected chi connectivity index (χ0v) is 21.6. The molecule has 186 valence electrons.